The Morgan fingerprint density at radius 2 is 1.36 bits per heavy atom. The molecular formula is C22H42O3. The Kier molecular flexibility index (Phi) is 13.1. The van der Waals surface area contributed by atoms with Gasteiger partial charge in [0, 0.05) is 6.42 Å². The molecule has 1 rings (SSSR count). The first-order chi connectivity index (χ1) is 12.2. The van der Waals surface area contributed by atoms with Gasteiger partial charge in [0.15, 0.2) is 0 Å². The smallest absolute Gasteiger partial charge is 0.313 e. The van der Waals surface area contributed by atoms with Crippen LogP contribution in [-0.4, -0.2) is 23.3 Å². The number of aliphatic hydroxyl groups is 1. The van der Waals surface area contributed by atoms with Gasteiger partial charge in [-0.2, -0.15) is 0 Å². The summed E-state index contributed by atoms with van der Waals surface area (Å²) in [5, 5.41) is 10.2. The molecule has 0 amide bonds. The van der Waals surface area contributed by atoms with E-state index >= 15 is 0 Å². The van der Waals surface area contributed by atoms with Crippen molar-refractivity contribution in [2.45, 2.75) is 129 Å². The van der Waals surface area contributed by atoms with Crippen LogP contribution < -0.4 is 0 Å². The van der Waals surface area contributed by atoms with E-state index in [2.05, 4.69) is 13.8 Å². The summed E-state index contributed by atoms with van der Waals surface area (Å²) in [6, 6.07) is 0. The lowest BCUT2D eigenvalue weighted by molar-refractivity contribution is -0.188. The summed E-state index contributed by atoms with van der Waals surface area (Å²) in [5.41, 5.74) is 0. The summed E-state index contributed by atoms with van der Waals surface area (Å²) in [5.74, 6) is 0.00592. The fraction of sp³-hybridized carbons (Fsp3) is 0.955. The van der Waals surface area contributed by atoms with Crippen LogP contribution in [0.2, 0.25) is 0 Å². The number of carbonyl (C=O) groups is 1. The van der Waals surface area contributed by atoms with Crippen LogP contribution in [0.4, 0.5) is 0 Å². The van der Waals surface area contributed by atoms with Gasteiger partial charge in [-0.25, -0.2) is 0 Å². The van der Waals surface area contributed by atoms with Crippen LogP contribution in [0.5, 0.6) is 0 Å². The third kappa shape index (κ3) is 10.2. The Morgan fingerprint density at radius 3 is 1.92 bits per heavy atom. The molecule has 3 heteroatoms. The molecule has 3 nitrogen and oxygen atoms in total. The average molecular weight is 355 g/mol. The van der Waals surface area contributed by atoms with Crippen LogP contribution in [0, 0.1) is 5.92 Å². The number of aliphatic hydroxyl groups excluding tert-OH is 1. The van der Waals surface area contributed by atoms with Gasteiger partial charge in [-0.3, -0.25) is 4.79 Å². The van der Waals surface area contributed by atoms with Crippen molar-refractivity contribution in [3.8, 4) is 0 Å². The topological polar surface area (TPSA) is 46.5 Å². The van der Waals surface area contributed by atoms with Gasteiger partial charge in [-0.05, 0) is 12.8 Å². The SMILES string of the molecule is CCCCCCCCCCCC(O)C[C@@H]1OC(=O)[C@@H]1CCCCCC. The summed E-state index contributed by atoms with van der Waals surface area (Å²) < 4.78 is 5.27. The van der Waals surface area contributed by atoms with E-state index < -0.39 is 0 Å². The van der Waals surface area contributed by atoms with Crippen LogP contribution >= 0.6 is 0 Å². The molecule has 1 N–H and O–H groups in total. The van der Waals surface area contributed by atoms with Gasteiger partial charge >= 0.3 is 5.97 Å². The lowest BCUT2D eigenvalue weighted by Gasteiger charge is -2.36. The fourth-order valence-corrected chi connectivity index (χ4v) is 3.78. The molecule has 0 spiro atoms. The number of cyclic esters (lactones) is 1. The van der Waals surface area contributed by atoms with Crippen molar-refractivity contribution in [2.75, 3.05) is 0 Å². The first kappa shape index (κ1) is 22.5. The molecule has 25 heavy (non-hydrogen) atoms. The van der Waals surface area contributed by atoms with Gasteiger partial charge in [0.2, 0.25) is 0 Å². The van der Waals surface area contributed by atoms with Gasteiger partial charge in [-0.1, -0.05) is 97.3 Å². The minimum Gasteiger partial charge on any atom is -0.461 e. The molecule has 1 aliphatic heterocycles. The van der Waals surface area contributed by atoms with Crippen LogP contribution in [0.3, 0.4) is 0 Å². The lowest BCUT2D eigenvalue weighted by atomic mass is 9.86. The molecule has 1 fully saturated rings. The highest BCUT2D eigenvalue weighted by atomic mass is 16.6. The summed E-state index contributed by atoms with van der Waals surface area (Å²) >= 11 is 0. The minimum atomic E-state index is -0.305. The molecular weight excluding hydrogens is 312 g/mol. The van der Waals surface area contributed by atoms with Gasteiger partial charge in [0.05, 0.1) is 12.0 Å². The van der Waals surface area contributed by atoms with Crippen molar-refractivity contribution in [1.82, 2.24) is 0 Å². The van der Waals surface area contributed by atoms with Crippen molar-refractivity contribution >= 4 is 5.97 Å². The molecule has 0 aromatic heterocycles. The highest BCUT2D eigenvalue weighted by Gasteiger charge is 2.42. The molecule has 0 saturated carbocycles. The zero-order chi connectivity index (χ0) is 18.3. The highest BCUT2D eigenvalue weighted by Crippen LogP contribution is 2.31. The van der Waals surface area contributed by atoms with Crippen molar-refractivity contribution in [3.05, 3.63) is 0 Å². The number of hydrogen-bond donors (Lipinski definition) is 1. The van der Waals surface area contributed by atoms with E-state index in [-0.39, 0.29) is 24.1 Å². The molecule has 0 aromatic rings. The zero-order valence-electron chi connectivity index (χ0n) is 16.8. The Hall–Kier alpha value is -0.570. The van der Waals surface area contributed by atoms with Crippen molar-refractivity contribution in [3.63, 3.8) is 0 Å². The van der Waals surface area contributed by atoms with Crippen LogP contribution in [0.15, 0.2) is 0 Å². The maximum Gasteiger partial charge on any atom is 0.313 e. The molecule has 0 aliphatic carbocycles. The second kappa shape index (κ2) is 14.6. The summed E-state index contributed by atoms with van der Waals surface area (Å²) in [7, 11) is 0. The maximum atomic E-state index is 11.6. The predicted molar refractivity (Wildman–Crippen MR) is 105 cm³/mol. The highest BCUT2D eigenvalue weighted by molar-refractivity contribution is 5.78. The molecule has 0 aromatic carbocycles. The maximum absolute atomic E-state index is 11.6. The van der Waals surface area contributed by atoms with Crippen LogP contribution in [0.1, 0.15) is 117 Å². The number of unbranched alkanes of at least 4 members (excludes halogenated alkanes) is 11. The molecule has 1 saturated heterocycles. The second-order valence-electron chi connectivity index (χ2n) is 7.94. The van der Waals surface area contributed by atoms with E-state index in [9.17, 15) is 9.90 Å². The lowest BCUT2D eigenvalue weighted by Crippen LogP contribution is -2.46. The Labute approximate surface area is 155 Å². The van der Waals surface area contributed by atoms with Gasteiger partial charge < -0.3 is 9.84 Å². The molecule has 1 unspecified atom stereocenters. The van der Waals surface area contributed by atoms with E-state index in [1.165, 1.54) is 70.6 Å². The van der Waals surface area contributed by atoms with Crippen LogP contribution in [-0.2, 0) is 9.53 Å². The van der Waals surface area contributed by atoms with Crippen molar-refractivity contribution < 1.29 is 14.6 Å². The number of carbonyl (C=O) groups excluding carboxylic acids is 1. The van der Waals surface area contributed by atoms with Gasteiger partial charge in [0.25, 0.3) is 0 Å². The number of esters is 1. The quantitative estimate of drug-likeness (QED) is 0.251. The third-order valence-corrected chi connectivity index (χ3v) is 5.53. The molecule has 0 radical (unpaired) electrons. The first-order valence-electron chi connectivity index (χ1n) is 11.1. The Balaban J connectivity index is 1.98. The van der Waals surface area contributed by atoms with E-state index in [0.717, 1.165) is 25.7 Å². The first-order valence-corrected chi connectivity index (χ1v) is 11.1. The molecule has 1 aliphatic rings. The summed E-state index contributed by atoms with van der Waals surface area (Å²) in [4.78, 5) is 11.6. The zero-order valence-corrected chi connectivity index (χ0v) is 16.8. The number of rotatable bonds is 17. The van der Waals surface area contributed by atoms with Gasteiger partial charge in [0.1, 0.15) is 6.10 Å². The molecule has 1 heterocycles. The van der Waals surface area contributed by atoms with Crippen LogP contribution in [0.25, 0.3) is 0 Å². The third-order valence-electron chi connectivity index (χ3n) is 5.53. The van der Waals surface area contributed by atoms with Crippen molar-refractivity contribution in [1.29, 1.82) is 0 Å². The minimum absolute atomic E-state index is 0.0253. The summed E-state index contributed by atoms with van der Waals surface area (Å²) in [6.45, 7) is 4.45. The van der Waals surface area contributed by atoms with Gasteiger partial charge in [-0.15, -0.1) is 0 Å². The Morgan fingerprint density at radius 1 is 0.840 bits per heavy atom. The second-order valence-corrected chi connectivity index (χ2v) is 7.94. The summed E-state index contributed by atoms with van der Waals surface area (Å²) in [6.07, 6.45) is 18.6. The molecule has 148 valence electrons. The monoisotopic (exact) mass is 354 g/mol. The van der Waals surface area contributed by atoms with E-state index in [1.807, 2.05) is 0 Å². The molecule has 3 atom stereocenters. The standard InChI is InChI=1S/C22H42O3/c1-3-5-7-9-10-11-12-13-14-16-19(23)18-21-20(22(24)25-21)17-15-8-6-4-2/h19-21,23H,3-18H2,1-2H3/t19?,20-,21+/m1/s1. The number of hydrogen-bond acceptors (Lipinski definition) is 3. The predicted octanol–water partition coefficient (Wildman–Crippen LogP) is 6.17. The average Bonchev–Trinajstić information content (AvgIpc) is 2.59. The Bertz CT molecular complexity index is 329. The molecule has 0 bridgehead atoms. The normalized spacial score (nSPS) is 21.0. The fourth-order valence-electron chi connectivity index (χ4n) is 3.78. The number of ether oxygens (including phenoxy) is 1. The largest absolute Gasteiger partial charge is 0.461 e. The van der Waals surface area contributed by atoms with E-state index in [1.54, 1.807) is 0 Å². The van der Waals surface area contributed by atoms with E-state index in [0.29, 0.717) is 6.42 Å². The van der Waals surface area contributed by atoms with E-state index in [4.69, 9.17) is 4.74 Å². The van der Waals surface area contributed by atoms with Crippen molar-refractivity contribution in [2.24, 2.45) is 5.92 Å².